The highest BCUT2D eigenvalue weighted by Gasteiger charge is 2.15. The predicted octanol–water partition coefficient (Wildman–Crippen LogP) is 11.9. The molecular formula is C43H70O5. The Labute approximate surface area is 295 Å². The average Bonchev–Trinajstić information content (AvgIpc) is 3.09. The molecule has 0 aliphatic carbocycles. The van der Waals surface area contributed by atoms with E-state index in [1.165, 1.54) is 57.8 Å². The first kappa shape index (κ1) is 45.1. The third-order valence-electron chi connectivity index (χ3n) is 7.69. The Morgan fingerprint density at radius 2 is 0.938 bits per heavy atom. The molecule has 48 heavy (non-hydrogen) atoms. The molecule has 0 fully saturated rings. The van der Waals surface area contributed by atoms with Crippen molar-refractivity contribution >= 4 is 11.9 Å². The highest BCUT2D eigenvalue weighted by Crippen LogP contribution is 2.11. The summed E-state index contributed by atoms with van der Waals surface area (Å²) in [5, 5.41) is 9.53. The van der Waals surface area contributed by atoms with E-state index >= 15 is 0 Å². The van der Waals surface area contributed by atoms with E-state index in [2.05, 4.69) is 86.8 Å². The molecule has 0 rings (SSSR count). The summed E-state index contributed by atoms with van der Waals surface area (Å²) < 4.78 is 10.5. The van der Waals surface area contributed by atoms with Crippen molar-refractivity contribution in [2.75, 3.05) is 13.2 Å². The first-order valence-electron chi connectivity index (χ1n) is 19.1. The first-order chi connectivity index (χ1) is 23.6. The van der Waals surface area contributed by atoms with Gasteiger partial charge in [-0.3, -0.25) is 9.59 Å². The van der Waals surface area contributed by atoms with Gasteiger partial charge < -0.3 is 14.6 Å². The molecule has 1 atom stereocenters. The van der Waals surface area contributed by atoms with Crippen LogP contribution in [0, 0.1) is 0 Å². The fourth-order valence-corrected chi connectivity index (χ4v) is 4.81. The van der Waals surface area contributed by atoms with Crippen LogP contribution in [0.2, 0.25) is 0 Å². The smallest absolute Gasteiger partial charge is 0.306 e. The summed E-state index contributed by atoms with van der Waals surface area (Å²) in [6.07, 6.45) is 52.2. The Kier molecular flexibility index (Phi) is 36.2. The van der Waals surface area contributed by atoms with Gasteiger partial charge in [-0.1, -0.05) is 150 Å². The zero-order valence-electron chi connectivity index (χ0n) is 30.7. The van der Waals surface area contributed by atoms with Gasteiger partial charge in [-0.25, -0.2) is 0 Å². The highest BCUT2D eigenvalue weighted by molar-refractivity contribution is 5.70. The Morgan fingerprint density at radius 1 is 0.500 bits per heavy atom. The molecule has 0 amide bonds. The van der Waals surface area contributed by atoms with E-state index in [0.717, 1.165) is 64.2 Å². The summed E-state index contributed by atoms with van der Waals surface area (Å²) in [5.74, 6) is -0.706. The van der Waals surface area contributed by atoms with Crippen molar-refractivity contribution in [2.24, 2.45) is 0 Å². The minimum atomic E-state index is -0.819. The maximum Gasteiger partial charge on any atom is 0.306 e. The SMILES string of the molecule is CC/C=C/C/C=C/C/C=C/C/C=C/C/C=C/C/C=C/CCC(=O)O[C@H](CO)COC(=O)CCCCCCC/C=C\CCCCCCCC. The second kappa shape index (κ2) is 38.5. The molecule has 0 saturated heterocycles. The van der Waals surface area contributed by atoms with Gasteiger partial charge >= 0.3 is 11.9 Å². The Bertz CT molecular complexity index is 937. The van der Waals surface area contributed by atoms with Gasteiger partial charge in [-0.15, -0.1) is 0 Å². The number of rotatable bonds is 33. The van der Waals surface area contributed by atoms with Crippen molar-refractivity contribution in [3.05, 3.63) is 85.1 Å². The number of hydrogen-bond donors (Lipinski definition) is 1. The van der Waals surface area contributed by atoms with E-state index in [9.17, 15) is 14.7 Å². The molecule has 0 aliphatic heterocycles. The topological polar surface area (TPSA) is 72.8 Å². The van der Waals surface area contributed by atoms with Crippen molar-refractivity contribution in [2.45, 2.75) is 161 Å². The van der Waals surface area contributed by atoms with Crippen LogP contribution in [-0.2, 0) is 19.1 Å². The molecule has 0 radical (unpaired) electrons. The van der Waals surface area contributed by atoms with Gasteiger partial charge in [0.1, 0.15) is 6.61 Å². The minimum Gasteiger partial charge on any atom is -0.462 e. The number of allylic oxidation sites excluding steroid dienone is 14. The summed E-state index contributed by atoms with van der Waals surface area (Å²) in [4.78, 5) is 24.2. The lowest BCUT2D eigenvalue weighted by molar-refractivity contribution is -0.161. The molecule has 0 spiro atoms. The van der Waals surface area contributed by atoms with Crippen molar-refractivity contribution in [3.8, 4) is 0 Å². The fraction of sp³-hybridized carbons (Fsp3) is 0.628. The Balaban J connectivity index is 3.74. The van der Waals surface area contributed by atoms with Gasteiger partial charge in [0.05, 0.1) is 6.61 Å². The predicted molar refractivity (Wildman–Crippen MR) is 205 cm³/mol. The number of unbranched alkanes of at least 4 members (excludes halogenated alkanes) is 11. The van der Waals surface area contributed by atoms with E-state index in [1.54, 1.807) is 0 Å². The van der Waals surface area contributed by atoms with Gasteiger partial charge in [-0.2, -0.15) is 0 Å². The van der Waals surface area contributed by atoms with Crippen LogP contribution in [0.5, 0.6) is 0 Å². The normalized spacial score (nSPS) is 13.1. The molecule has 0 aromatic carbocycles. The number of aliphatic hydroxyl groups is 1. The third-order valence-corrected chi connectivity index (χ3v) is 7.69. The molecule has 0 aromatic heterocycles. The van der Waals surface area contributed by atoms with Gasteiger partial charge in [-0.05, 0) is 77.0 Å². The van der Waals surface area contributed by atoms with Gasteiger partial charge in [0.25, 0.3) is 0 Å². The van der Waals surface area contributed by atoms with Crippen LogP contribution in [0.25, 0.3) is 0 Å². The molecule has 1 N–H and O–H groups in total. The van der Waals surface area contributed by atoms with Crippen molar-refractivity contribution in [1.82, 2.24) is 0 Å². The summed E-state index contributed by atoms with van der Waals surface area (Å²) in [5.41, 5.74) is 0. The monoisotopic (exact) mass is 667 g/mol. The van der Waals surface area contributed by atoms with E-state index in [1.807, 2.05) is 12.2 Å². The number of ether oxygens (including phenoxy) is 2. The maximum atomic E-state index is 12.1. The number of hydrogen-bond acceptors (Lipinski definition) is 5. The van der Waals surface area contributed by atoms with Gasteiger partial charge in [0.2, 0.25) is 0 Å². The Hall–Kier alpha value is -2.92. The maximum absolute atomic E-state index is 12.1. The highest BCUT2D eigenvalue weighted by atomic mass is 16.6. The van der Waals surface area contributed by atoms with Crippen molar-refractivity contribution in [1.29, 1.82) is 0 Å². The summed E-state index contributed by atoms with van der Waals surface area (Å²) in [6.45, 7) is 3.93. The zero-order chi connectivity index (χ0) is 35.0. The summed E-state index contributed by atoms with van der Waals surface area (Å²) in [6, 6.07) is 0. The van der Waals surface area contributed by atoms with E-state index in [-0.39, 0.29) is 25.6 Å². The summed E-state index contributed by atoms with van der Waals surface area (Å²) in [7, 11) is 0. The average molecular weight is 667 g/mol. The molecule has 0 heterocycles. The number of carbonyl (C=O) groups excluding carboxylic acids is 2. The molecule has 0 aliphatic rings. The third kappa shape index (κ3) is 35.9. The fourth-order valence-electron chi connectivity index (χ4n) is 4.81. The molecule has 0 aromatic rings. The molecule has 272 valence electrons. The Morgan fingerprint density at radius 3 is 1.44 bits per heavy atom. The van der Waals surface area contributed by atoms with Crippen LogP contribution in [0.3, 0.4) is 0 Å². The zero-order valence-corrected chi connectivity index (χ0v) is 30.7. The number of carbonyl (C=O) groups is 2. The molecule has 5 nitrogen and oxygen atoms in total. The van der Waals surface area contributed by atoms with Crippen LogP contribution >= 0.6 is 0 Å². The van der Waals surface area contributed by atoms with Crippen LogP contribution < -0.4 is 0 Å². The van der Waals surface area contributed by atoms with Crippen LogP contribution in [0.1, 0.15) is 155 Å². The van der Waals surface area contributed by atoms with Crippen molar-refractivity contribution in [3.63, 3.8) is 0 Å². The van der Waals surface area contributed by atoms with E-state index < -0.39 is 12.1 Å². The van der Waals surface area contributed by atoms with E-state index in [4.69, 9.17) is 9.47 Å². The molecule has 0 bridgehead atoms. The molecule has 0 unspecified atom stereocenters. The lowest BCUT2D eigenvalue weighted by atomic mass is 10.1. The van der Waals surface area contributed by atoms with E-state index in [0.29, 0.717) is 12.8 Å². The molecule has 5 heteroatoms. The quantitative estimate of drug-likeness (QED) is 0.0429. The number of esters is 2. The standard InChI is InChI=1S/C43H70O5/c1-3-5-7-9-11-13-15-17-19-20-21-22-24-26-28-30-32-34-36-38-43(46)48-41(39-44)40-47-42(45)37-35-33-31-29-27-25-23-18-16-14-12-10-8-6-4-2/h5,7,11,13,17-19,21-23,26,28,32,34,41,44H,3-4,6,8-10,12,14-16,20,24-25,27,29-31,33,35-40H2,1-2H3/b7-5+,13-11+,19-17+,22-21+,23-18-,28-26+,34-32+/t41-/m1/s1. The lowest BCUT2D eigenvalue weighted by Gasteiger charge is -2.15. The summed E-state index contributed by atoms with van der Waals surface area (Å²) >= 11 is 0. The molecular weight excluding hydrogens is 596 g/mol. The van der Waals surface area contributed by atoms with Gasteiger partial charge in [0.15, 0.2) is 6.10 Å². The van der Waals surface area contributed by atoms with Gasteiger partial charge in [0, 0.05) is 12.8 Å². The lowest BCUT2D eigenvalue weighted by Crippen LogP contribution is -2.28. The van der Waals surface area contributed by atoms with Crippen molar-refractivity contribution < 1.29 is 24.2 Å². The van der Waals surface area contributed by atoms with Crippen LogP contribution in [0.4, 0.5) is 0 Å². The number of aliphatic hydroxyl groups excluding tert-OH is 1. The minimum absolute atomic E-state index is 0.105. The second-order valence-corrected chi connectivity index (χ2v) is 12.3. The first-order valence-corrected chi connectivity index (χ1v) is 19.1. The van der Waals surface area contributed by atoms with Crippen LogP contribution in [-0.4, -0.2) is 36.4 Å². The molecule has 0 saturated carbocycles. The second-order valence-electron chi connectivity index (χ2n) is 12.3. The largest absolute Gasteiger partial charge is 0.462 e. The van der Waals surface area contributed by atoms with Crippen LogP contribution in [0.15, 0.2) is 85.1 Å².